The second kappa shape index (κ2) is 6.26. The topological polar surface area (TPSA) is 31.4 Å². The van der Waals surface area contributed by atoms with Gasteiger partial charge in [0.25, 0.3) is 5.88 Å². The summed E-state index contributed by atoms with van der Waals surface area (Å²) in [5.74, 6) is 1.18. The number of methoxy groups -OCH3 is 2. The fraction of sp³-hybridized carbons (Fsp3) is 0.182. The molecule has 0 N–H and O–H groups in total. The van der Waals surface area contributed by atoms with Gasteiger partial charge < -0.3 is 26.7 Å². The van der Waals surface area contributed by atoms with E-state index < -0.39 is 7.25 Å². The summed E-state index contributed by atoms with van der Waals surface area (Å²) in [5, 5.41) is 1.05. The first kappa shape index (κ1) is 15.1. The molecule has 1 heterocycles. The Morgan fingerprint density at radius 2 is 1.58 bits per heavy atom. The van der Waals surface area contributed by atoms with Crippen LogP contribution in [-0.4, -0.2) is 26.5 Å². The summed E-state index contributed by atoms with van der Waals surface area (Å²) in [4.78, 5) is 4.32. The number of ether oxygens (including phenoxy) is 2. The van der Waals surface area contributed by atoms with Gasteiger partial charge in [-0.05, 0) is 12.1 Å². The van der Waals surface area contributed by atoms with Crippen molar-refractivity contribution in [2.24, 2.45) is 0 Å². The number of fused-ring (bicyclic) bond motifs is 1. The van der Waals surface area contributed by atoms with Crippen molar-refractivity contribution in [1.29, 1.82) is 0 Å². The minimum atomic E-state index is -6.00. The Morgan fingerprint density at radius 3 is 2.11 bits per heavy atom. The van der Waals surface area contributed by atoms with Crippen molar-refractivity contribution in [1.82, 2.24) is 4.98 Å². The zero-order valence-corrected chi connectivity index (χ0v) is 10.2. The number of aromatic nitrogens is 1. The van der Waals surface area contributed by atoms with Crippen LogP contribution in [-0.2, 0) is 0 Å². The molecule has 0 radical (unpaired) electrons. The lowest BCUT2D eigenvalue weighted by molar-refractivity contribution is 0.345. The molecule has 3 nitrogen and oxygen atoms in total. The molecule has 0 amide bonds. The van der Waals surface area contributed by atoms with Crippen LogP contribution in [0.2, 0.25) is 0 Å². The summed E-state index contributed by atoms with van der Waals surface area (Å²) in [5.41, 5.74) is 0.908. The van der Waals surface area contributed by atoms with Gasteiger partial charge in [0, 0.05) is 5.39 Å². The molecule has 0 aliphatic carbocycles. The van der Waals surface area contributed by atoms with E-state index in [1.807, 2.05) is 30.3 Å². The first-order chi connectivity index (χ1) is 8.85. The third-order valence-corrected chi connectivity index (χ3v) is 2.07. The highest BCUT2D eigenvalue weighted by Crippen LogP contribution is 2.28. The maximum atomic E-state index is 9.75. The van der Waals surface area contributed by atoms with Crippen molar-refractivity contribution in [2.75, 3.05) is 14.2 Å². The zero-order chi connectivity index (χ0) is 14.5. The summed E-state index contributed by atoms with van der Waals surface area (Å²) >= 11 is 0. The van der Waals surface area contributed by atoms with Crippen LogP contribution in [0.25, 0.3) is 10.9 Å². The maximum Gasteiger partial charge on any atom is 0.673 e. The van der Waals surface area contributed by atoms with Gasteiger partial charge in [-0.25, -0.2) is 4.98 Å². The third-order valence-electron chi connectivity index (χ3n) is 2.07. The Balaban J connectivity index is 0.000000312. The van der Waals surface area contributed by atoms with E-state index in [2.05, 4.69) is 4.98 Å². The van der Waals surface area contributed by atoms with Crippen molar-refractivity contribution < 1.29 is 26.7 Å². The number of para-hydroxylation sites is 1. The Morgan fingerprint density at radius 1 is 1.00 bits per heavy atom. The summed E-state index contributed by atoms with van der Waals surface area (Å²) in [7, 11) is -2.81. The fourth-order valence-electron chi connectivity index (χ4n) is 1.37. The molecule has 0 spiro atoms. The Kier molecular flexibility index (Phi) is 4.97. The molecule has 1 aromatic carbocycles. The molecule has 0 atom stereocenters. The SMILES string of the molecule is COc1cc2ccccc2nc1OC.F[B-](F)(F)F. The smallest absolute Gasteiger partial charge is 0.491 e. The van der Waals surface area contributed by atoms with Gasteiger partial charge in [0.15, 0.2) is 5.75 Å². The van der Waals surface area contributed by atoms with Crippen LogP contribution >= 0.6 is 0 Å². The van der Waals surface area contributed by atoms with Crippen LogP contribution < -0.4 is 9.47 Å². The van der Waals surface area contributed by atoms with Gasteiger partial charge in [-0.15, -0.1) is 0 Å². The molecule has 104 valence electrons. The van der Waals surface area contributed by atoms with Crippen LogP contribution in [0.5, 0.6) is 11.6 Å². The monoisotopic (exact) mass is 276 g/mol. The number of rotatable bonds is 2. The third kappa shape index (κ3) is 5.03. The van der Waals surface area contributed by atoms with E-state index in [1.54, 1.807) is 14.2 Å². The molecule has 0 saturated carbocycles. The molecule has 1 aromatic heterocycles. The van der Waals surface area contributed by atoms with Gasteiger partial charge in [-0.1, -0.05) is 18.2 Å². The lowest BCUT2D eigenvalue weighted by Gasteiger charge is -2.07. The molecular formula is C11H11BF4NO2-. The minimum absolute atomic E-state index is 0.520. The molecule has 0 bridgehead atoms. The zero-order valence-electron chi connectivity index (χ0n) is 10.2. The quantitative estimate of drug-likeness (QED) is 0.620. The van der Waals surface area contributed by atoms with Crippen molar-refractivity contribution in [3.63, 3.8) is 0 Å². The molecular weight excluding hydrogens is 265 g/mol. The number of hydrogen-bond acceptors (Lipinski definition) is 3. The molecule has 0 fully saturated rings. The van der Waals surface area contributed by atoms with Crippen molar-refractivity contribution in [2.45, 2.75) is 0 Å². The highest BCUT2D eigenvalue weighted by Gasteiger charge is 2.20. The van der Waals surface area contributed by atoms with Gasteiger partial charge in [0.1, 0.15) is 0 Å². The molecule has 2 aromatic rings. The second-order valence-electron chi connectivity index (χ2n) is 3.39. The molecule has 0 aliphatic heterocycles. The summed E-state index contributed by atoms with van der Waals surface area (Å²) < 4.78 is 49.3. The van der Waals surface area contributed by atoms with Gasteiger partial charge in [0.05, 0.1) is 19.7 Å². The van der Waals surface area contributed by atoms with Crippen LogP contribution in [0, 0.1) is 0 Å². The Bertz CT molecular complexity index is 499. The predicted molar refractivity (Wildman–Crippen MR) is 65.0 cm³/mol. The summed E-state index contributed by atoms with van der Waals surface area (Å²) in [6.45, 7) is 0. The number of hydrogen-bond donors (Lipinski definition) is 0. The standard InChI is InChI=1S/C11H11NO2.BF4/c1-13-10-7-8-5-3-4-6-9(8)12-11(10)14-2;2-1(3,4)5/h3-7H,1-2H3;/q;-1. The molecule has 8 heteroatoms. The fourth-order valence-corrected chi connectivity index (χ4v) is 1.37. The van der Waals surface area contributed by atoms with Crippen LogP contribution in [0.1, 0.15) is 0 Å². The molecule has 2 rings (SSSR count). The first-order valence-electron chi connectivity index (χ1n) is 5.20. The van der Waals surface area contributed by atoms with Crippen LogP contribution in [0.3, 0.4) is 0 Å². The van der Waals surface area contributed by atoms with Crippen LogP contribution in [0.15, 0.2) is 30.3 Å². The number of pyridine rings is 1. The second-order valence-corrected chi connectivity index (χ2v) is 3.39. The number of benzene rings is 1. The van der Waals surface area contributed by atoms with Crippen molar-refractivity contribution >= 4 is 18.2 Å². The normalized spacial score (nSPS) is 10.6. The predicted octanol–water partition coefficient (Wildman–Crippen LogP) is 3.55. The average Bonchev–Trinajstić information content (AvgIpc) is 2.35. The van der Waals surface area contributed by atoms with Gasteiger partial charge in [0.2, 0.25) is 0 Å². The maximum absolute atomic E-state index is 9.75. The molecule has 19 heavy (non-hydrogen) atoms. The van der Waals surface area contributed by atoms with Gasteiger partial charge in [-0.3, -0.25) is 0 Å². The largest absolute Gasteiger partial charge is 0.673 e. The van der Waals surface area contributed by atoms with E-state index in [0.717, 1.165) is 10.9 Å². The highest BCUT2D eigenvalue weighted by molar-refractivity contribution is 6.50. The molecule has 0 unspecified atom stereocenters. The Hall–Kier alpha value is -1.99. The van der Waals surface area contributed by atoms with E-state index in [0.29, 0.717) is 11.6 Å². The van der Waals surface area contributed by atoms with Gasteiger partial charge >= 0.3 is 7.25 Å². The Labute approximate surface area is 107 Å². The first-order valence-corrected chi connectivity index (χ1v) is 5.20. The highest BCUT2D eigenvalue weighted by atomic mass is 19.5. The van der Waals surface area contributed by atoms with E-state index in [1.165, 1.54) is 0 Å². The van der Waals surface area contributed by atoms with Crippen molar-refractivity contribution in [3.8, 4) is 11.6 Å². The van der Waals surface area contributed by atoms with Gasteiger partial charge in [-0.2, -0.15) is 0 Å². The summed E-state index contributed by atoms with van der Waals surface area (Å²) in [6, 6.07) is 9.76. The van der Waals surface area contributed by atoms with Crippen molar-refractivity contribution in [3.05, 3.63) is 30.3 Å². The van der Waals surface area contributed by atoms with E-state index in [-0.39, 0.29) is 0 Å². The van der Waals surface area contributed by atoms with E-state index in [4.69, 9.17) is 9.47 Å². The molecule has 0 aliphatic rings. The van der Waals surface area contributed by atoms with E-state index >= 15 is 0 Å². The van der Waals surface area contributed by atoms with Crippen LogP contribution in [0.4, 0.5) is 17.3 Å². The minimum Gasteiger partial charge on any atom is -0.491 e. The number of nitrogens with zero attached hydrogens (tertiary/aromatic N) is 1. The number of halogens is 4. The lowest BCUT2D eigenvalue weighted by atomic mass is 10.2. The summed E-state index contributed by atoms with van der Waals surface area (Å²) in [6.07, 6.45) is 0. The lowest BCUT2D eigenvalue weighted by Crippen LogP contribution is -2.02. The molecule has 0 saturated heterocycles. The average molecular weight is 276 g/mol. The van der Waals surface area contributed by atoms with E-state index in [9.17, 15) is 17.3 Å².